The first-order valence-corrected chi connectivity index (χ1v) is 4.89. The van der Waals surface area contributed by atoms with Crippen molar-refractivity contribution in [2.45, 2.75) is 13.0 Å². The molecule has 74 valence electrons. The predicted octanol–water partition coefficient (Wildman–Crippen LogP) is 3.10. The monoisotopic (exact) mass is 255 g/mol. The van der Waals surface area contributed by atoms with Crippen molar-refractivity contribution in [3.63, 3.8) is 0 Å². The lowest BCUT2D eigenvalue weighted by Crippen LogP contribution is -2.02. The van der Waals surface area contributed by atoms with Gasteiger partial charge in [0.25, 0.3) is 0 Å². The van der Waals surface area contributed by atoms with Gasteiger partial charge in [0.1, 0.15) is 0 Å². The van der Waals surface area contributed by atoms with Crippen molar-refractivity contribution in [2.75, 3.05) is 6.61 Å². The van der Waals surface area contributed by atoms with Crippen LogP contribution in [0.5, 0.6) is 0 Å². The van der Waals surface area contributed by atoms with Gasteiger partial charge >= 0.3 is 0 Å². The Balaban J connectivity index is 3.10. The number of aliphatic hydroxyl groups is 1. The van der Waals surface area contributed by atoms with Crippen molar-refractivity contribution < 1.29 is 5.11 Å². The van der Waals surface area contributed by atoms with E-state index in [9.17, 15) is 0 Å². The largest absolute Gasteiger partial charge is 0.396 e. The third-order valence-electron chi connectivity index (χ3n) is 1.95. The SMILES string of the molecule is Cc1cc(Br)ccc1C(CO)N=[N+]=[N-]. The Morgan fingerprint density at radius 1 is 1.64 bits per heavy atom. The second-order valence-electron chi connectivity index (χ2n) is 2.90. The van der Waals surface area contributed by atoms with E-state index in [1.807, 2.05) is 25.1 Å². The molecular weight excluding hydrogens is 246 g/mol. The summed E-state index contributed by atoms with van der Waals surface area (Å²) in [6, 6.07) is 5.13. The Hall–Kier alpha value is -1.03. The van der Waals surface area contributed by atoms with E-state index in [4.69, 9.17) is 10.6 Å². The molecule has 0 saturated heterocycles. The first-order valence-electron chi connectivity index (χ1n) is 4.10. The van der Waals surface area contributed by atoms with Crippen LogP contribution >= 0.6 is 15.9 Å². The minimum Gasteiger partial charge on any atom is -0.396 e. The molecule has 1 N–H and O–H groups in total. The highest BCUT2D eigenvalue weighted by atomic mass is 79.9. The lowest BCUT2D eigenvalue weighted by atomic mass is 10.0. The maximum absolute atomic E-state index is 9.03. The number of nitrogens with zero attached hydrogens (tertiary/aromatic N) is 3. The third kappa shape index (κ3) is 2.48. The van der Waals surface area contributed by atoms with Crippen LogP contribution in [-0.2, 0) is 0 Å². The summed E-state index contributed by atoms with van der Waals surface area (Å²) in [6.07, 6.45) is 0. The van der Waals surface area contributed by atoms with Crippen molar-refractivity contribution in [3.05, 3.63) is 44.2 Å². The first-order chi connectivity index (χ1) is 6.69. The maximum atomic E-state index is 9.03. The van der Waals surface area contributed by atoms with Crippen LogP contribution in [0.3, 0.4) is 0 Å². The first kappa shape index (κ1) is 11.0. The van der Waals surface area contributed by atoms with Crippen molar-refractivity contribution in [1.29, 1.82) is 0 Å². The van der Waals surface area contributed by atoms with Gasteiger partial charge in [-0.25, -0.2) is 0 Å². The molecule has 0 aliphatic heterocycles. The Kier molecular flexibility index (Phi) is 3.95. The van der Waals surface area contributed by atoms with Gasteiger partial charge < -0.3 is 5.11 Å². The van der Waals surface area contributed by atoms with Crippen molar-refractivity contribution in [3.8, 4) is 0 Å². The van der Waals surface area contributed by atoms with Crippen molar-refractivity contribution in [2.24, 2.45) is 5.11 Å². The van der Waals surface area contributed by atoms with E-state index in [1.165, 1.54) is 0 Å². The van der Waals surface area contributed by atoms with Gasteiger partial charge in [0.2, 0.25) is 0 Å². The molecule has 0 fully saturated rings. The van der Waals surface area contributed by atoms with Gasteiger partial charge in [-0.1, -0.05) is 27.1 Å². The summed E-state index contributed by atoms with van der Waals surface area (Å²) in [6.45, 7) is 1.74. The highest BCUT2D eigenvalue weighted by molar-refractivity contribution is 9.10. The molecule has 0 spiro atoms. The number of hydrogen-bond acceptors (Lipinski definition) is 2. The van der Waals surface area contributed by atoms with Crippen LogP contribution in [0.15, 0.2) is 27.8 Å². The molecule has 5 heteroatoms. The predicted molar refractivity (Wildman–Crippen MR) is 57.9 cm³/mol. The molecule has 0 heterocycles. The van der Waals surface area contributed by atoms with E-state index in [0.717, 1.165) is 15.6 Å². The maximum Gasteiger partial charge on any atom is 0.0858 e. The van der Waals surface area contributed by atoms with Gasteiger partial charge in [0, 0.05) is 9.38 Å². The summed E-state index contributed by atoms with van der Waals surface area (Å²) in [5.41, 5.74) is 10.2. The van der Waals surface area contributed by atoms with Crippen LogP contribution in [0.25, 0.3) is 10.4 Å². The number of hydrogen-bond donors (Lipinski definition) is 1. The van der Waals surface area contributed by atoms with Gasteiger partial charge in [0.15, 0.2) is 0 Å². The molecule has 4 nitrogen and oxygen atoms in total. The van der Waals surface area contributed by atoms with Gasteiger partial charge in [0.05, 0.1) is 12.6 Å². The third-order valence-corrected chi connectivity index (χ3v) is 2.45. The second-order valence-corrected chi connectivity index (χ2v) is 3.82. The average molecular weight is 256 g/mol. The molecule has 0 saturated carbocycles. The molecule has 0 aromatic heterocycles. The van der Waals surface area contributed by atoms with E-state index in [2.05, 4.69) is 26.0 Å². The van der Waals surface area contributed by atoms with Crippen LogP contribution in [0.4, 0.5) is 0 Å². The minimum atomic E-state index is -0.493. The quantitative estimate of drug-likeness (QED) is 0.503. The molecule has 0 bridgehead atoms. The van der Waals surface area contributed by atoms with Crippen LogP contribution < -0.4 is 0 Å². The van der Waals surface area contributed by atoms with Gasteiger partial charge in [-0.3, -0.25) is 0 Å². The fourth-order valence-corrected chi connectivity index (χ4v) is 1.75. The zero-order valence-corrected chi connectivity index (χ0v) is 9.27. The van der Waals surface area contributed by atoms with Gasteiger partial charge in [-0.2, -0.15) is 0 Å². The molecular formula is C9H10BrN3O. The summed E-state index contributed by atoms with van der Waals surface area (Å²) < 4.78 is 0.969. The molecule has 0 aliphatic rings. The van der Waals surface area contributed by atoms with E-state index < -0.39 is 6.04 Å². The van der Waals surface area contributed by atoms with E-state index in [0.29, 0.717) is 0 Å². The summed E-state index contributed by atoms with van der Waals surface area (Å²) in [4.78, 5) is 2.70. The number of rotatable bonds is 3. The Morgan fingerprint density at radius 2 is 2.36 bits per heavy atom. The zero-order valence-electron chi connectivity index (χ0n) is 7.68. The standard InChI is InChI=1S/C9H10BrN3O/c1-6-4-7(10)2-3-8(6)9(5-14)12-13-11/h2-4,9,14H,5H2,1H3. The summed E-state index contributed by atoms with van der Waals surface area (Å²) in [7, 11) is 0. The summed E-state index contributed by atoms with van der Waals surface area (Å²) >= 11 is 3.34. The topological polar surface area (TPSA) is 69.0 Å². The molecule has 14 heavy (non-hydrogen) atoms. The highest BCUT2D eigenvalue weighted by Crippen LogP contribution is 2.24. The lowest BCUT2D eigenvalue weighted by Gasteiger charge is -2.11. The zero-order chi connectivity index (χ0) is 10.6. The molecule has 1 atom stereocenters. The normalized spacial score (nSPS) is 11.9. The molecule has 1 unspecified atom stereocenters. The molecule has 1 rings (SSSR count). The lowest BCUT2D eigenvalue weighted by molar-refractivity contribution is 0.267. The smallest absolute Gasteiger partial charge is 0.0858 e. The Labute approximate surface area is 90.3 Å². The number of aliphatic hydroxyl groups excluding tert-OH is 1. The van der Waals surface area contributed by atoms with Crippen molar-refractivity contribution in [1.82, 2.24) is 0 Å². The minimum absolute atomic E-state index is 0.174. The van der Waals surface area contributed by atoms with E-state index >= 15 is 0 Å². The summed E-state index contributed by atoms with van der Waals surface area (Å²) in [5, 5.41) is 12.5. The Morgan fingerprint density at radius 3 is 2.86 bits per heavy atom. The number of azide groups is 1. The molecule has 1 aromatic rings. The highest BCUT2D eigenvalue weighted by Gasteiger charge is 2.10. The van der Waals surface area contributed by atoms with Gasteiger partial charge in [-0.15, -0.1) is 0 Å². The number of aryl methyl sites for hydroxylation is 1. The number of benzene rings is 1. The van der Waals surface area contributed by atoms with E-state index in [-0.39, 0.29) is 6.61 Å². The molecule has 0 radical (unpaired) electrons. The Bertz CT molecular complexity index is 374. The fraction of sp³-hybridized carbons (Fsp3) is 0.333. The van der Waals surface area contributed by atoms with Crippen LogP contribution in [-0.4, -0.2) is 11.7 Å². The molecule has 0 aliphatic carbocycles. The second kappa shape index (κ2) is 5.00. The fourth-order valence-electron chi connectivity index (χ4n) is 1.27. The molecule has 1 aromatic carbocycles. The number of halogens is 1. The van der Waals surface area contributed by atoms with Crippen LogP contribution in [0.1, 0.15) is 17.2 Å². The van der Waals surface area contributed by atoms with Crippen LogP contribution in [0.2, 0.25) is 0 Å². The average Bonchev–Trinajstić information content (AvgIpc) is 2.15. The van der Waals surface area contributed by atoms with Gasteiger partial charge in [-0.05, 0) is 35.7 Å². The van der Waals surface area contributed by atoms with Crippen LogP contribution in [0, 0.1) is 6.92 Å². The van der Waals surface area contributed by atoms with E-state index in [1.54, 1.807) is 0 Å². The summed E-state index contributed by atoms with van der Waals surface area (Å²) in [5.74, 6) is 0. The van der Waals surface area contributed by atoms with Crippen molar-refractivity contribution >= 4 is 15.9 Å². The molecule has 0 amide bonds.